The van der Waals surface area contributed by atoms with Crippen LogP contribution in [0.15, 0.2) is 82.5 Å². The van der Waals surface area contributed by atoms with Gasteiger partial charge in [-0.1, -0.05) is 45.6 Å². The number of hydrogen-bond donors (Lipinski definition) is 3. The number of benzene rings is 4. The fourth-order valence-corrected chi connectivity index (χ4v) is 6.93. The Labute approximate surface area is 394 Å². The van der Waals surface area contributed by atoms with Crippen molar-refractivity contribution in [3.05, 3.63) is 116 Å². The average Bonchev–Trinajstić information content (AvgIpc) is 4.00. The Morgan fingerprint density at radius 3 is 1.64 bits per heavy atom. The number of ether oxygens (including phenoxy) is 4. The molecule has 3 heterocycles. The first-order valence-electron chi connectivity index (χ1n) is 21.1. The van der Waals surface area contributed by atoms with Crippen LogP contribution >= 0.6 is 23.2 Å². The largest absolute Gasteiger partial charge is 0.489 e. The fraction of sp³-hybridized carbons (Fsp3) is 0.375. The second kappa shape index (κ2) is 21.2. The molecule has 0 aliphatic carbocycles. The second-order valence-corrected chi connectivity index (χ2v) is 18.8. The van der Waals surface area contributed by atoms with Gasteiger partial charge in [0, 0.05) is 42.9 Å². The minimum absolute atomic E-state index is 0.0213. The van der Waals surface area contributed by atoms with Gasteiger partial charge in [-0.05, 0) is 152 Å². The van der Waals surface area contributed by atoms with E-state index in [1.54, 1.807) is 58.3 Å². The molecule has 1 aromatic heterocycles. The monoisotopic (exact) mass is 946 g/mol. The number of carboxylic acid groups (broad SMARTS) is 1. The summed E-state index contributed by atoms with van der Waals surface area (Å²) in [5, 5.41) is 25.3. The zero-order chi connectivity index (χ0) is 48.7. The van der Waals surface area contributed by atoms with Gasteiger partial charge in [-0.15, -0.1) is 0 Å². The van der Waals surface area contributed by atoms with Gasteiger partial charge in [-0.3, -0.25) is 9.80 Å². The van der Waals surface area contributed by atoms with Crippen LogP contribution in [-0.2, 0) is 35.7 Å². The number of carbonyl (C=O) groups excluding carboxylic acids is 2. The number of carbonyl (C=O) groups is 3. The van der Waals surface area contributed by atoms with Gasteiger partial charge in [-0.25, -0.2) is 14.4 Å². The van der Waals surface area contributed by atoms with Crippen LogP contribution in [0.5, 0.6) is 11.5 Å². The Kier molecular flexibility index (Phi) is 16.2. The van der Waals surface area contributed by atoms with E-state index in [0.717, 1.165) is 33.4 Å². The van der Waals surface area contributed by atoms with Crippen LogP contribution in [0.1, 0.15) is 107 Å². The van der Waals surface area contributed by atoms with E-state index < -0.39 is 17.2 Å². The molecule has 0 unspecified atom stereocenters. The SMILES string of the molecule is CC(C)(C)OC(=O)N1Cc2ccc(C(=O)O)cc2C1.CC(C)Oc1ccc(-c2noc(-c3ccc4c(c3)CN(C(=O)OC(C)(C)C)C4)n2)cc1Cl.CC(C)Oc1ccc(/C(N)=N/O)cc1Cl. The number of aromatic carboxylic acids is 1. The highest BCUT2D eigenvalue weighted by molar-refractivity contribution is 6.32. The minimum atomic E-state index is -0.960. The van der Waals surface area contributed by atoms with Crippen molar-refractivity contribution in [3.63, 3.8) is 0 Å². The molecule has 2 aliphatic rings. The molecule has 4 aromatic carbocycles. The van der Waals surface area contributed by atoms with Gasteiger partial charge in [0.25, 0.3) is 5.89 Å². The lowest BCUT2D eigenvalue weighted by molar-refractivity contribution is 0.0232. The number of rotatable bonds is 8. The van der Waals surface area contributed by atoms with Crippen LogP contribution in [0.4, 0.5) is 9.59 Å². The molecule has 0 spiro atoms. The molecule has 0 bridgehead atoms. The first kappa shape index (κ1) is 50.5. The number of carboxylic acids is 1. The van der Waals surface area contributed by atoms with Crippen molar-refractivity contribution in [2.75, 3.05) is 0 Å². The molecule has 352 valence electrons. The maximum absolute atomic E-state index is 12.4. The van der Waals surface area contributed by atoms with Gasteiger partial charge in [-0.2, -0.15) is 4.98 Å². The van der Waals surface area contributed by atoms with Crippen molar-refractivity contribution in [2.45, 2.75) is 119 Å². The summed E-state index contributed by atoms with van der Waals surface area (Å²) in [6, 6.07) is 21.2. The van der Waals surface area contributed by atoms with Crippen LogP contribution in [0.25, 0.3) is 22.8 Å². The van der Waals surface area contributed by atoms with Gasteiger partial charge in [0.15, 0.2) is 5.84 Å². The van der Waals surface area contributed by atoms with Crippen molar-refractivity contribution in [1.82, 2.24) is 19.9 Å². The Balaban J connectivity index is 0.000000204. The molecule has 0 radical (unpaired) electrons. The topological polar surface area (TPSA) is 212 Å². The third kappa shape index (κ3) is 14.0. The summed E-state index contributed by atoms with van der Waals surface area (Å²) >= 11 is 12.3. The highest BCUT2D eigenvalue weighted by Gasteiger charge is 2.30. The van der Waals surface area contributed by atoms with Gasteiger partial charge in [0.2, 0.25) is 5.82 Å². The quantitative estimate of drug-likeness (QED) is 0.0572. The van der Waals surface area contributed by atoms with Crippen LogP contribution in [0.2, 0.25) is 10.0 Å². The summed E-state index contributed by atoms with van der Waals surface area (Å²) in [7, 11) is 0. The first-order chi connectivity index (χ1) is 30.9. The molecular weight excluding hydrogens is 891 g/mol. The summed E-state index contributed by atoms with van der Waals surface area (Å²) in [4.78, 5) is 43.0. The second-order valence-electron chi connectivity index (χ2n) is 18.0. The first-order valence-corrected chi connectivity index (χ1v) is 21.8. The molecule has 4 N–H and O–H groups in total. The highest BCUT2D eigenvalue weighted by atomic mass is 35.5. The molecular formula is C48H56Cl2N6O10. The molecule has 7 rings (SSSR count). The molecule has 0 fully saturated rings. The smallest absolute Gasteiger partial charge is 0.410 e. The Bertz CT molecular complexity index is 2580. The normalized spacial score (nSPS) is 13.3. The summed E-state index contributed by atoms with van der Waals surface area (Å²) in [5.74, 6) is 1.10. The van der Waals surface area contributed by atoms with Crippen molar-refractivity contribution < 1.29 is 48.2 Å². The van der Waals surface area contributed by atoms with E-state index in [2.05, 4.69) is 15.3 Å². The standard InChI is InChI=1S/C24H26ClN3O4.C14H17NO4.C10H13ClN2O2/c1-14(2)30-20-9-8-15(11-19(20)25)21-26-22(32-27-21)16-6-7-17-12-28(13-18(17)10-16)23(29)31-24(3,4)5;1-14(2,3)19-13(18)15-7-10-5-4-9(12(16)17)6-11(10)8-15;1-6(2)15-9-4-3-7(5-8(9)11)10(12)13-14/h6-11,14H,12-13H2,1-5H3;4-6H,7-8H2,1-3H3,(H,16,17);3-6,14H,1-2H3,(H2,12,13). The number of amidine groups is 1. The lowest BCUT2D eigenvalue weighted by Crippen LogP contribution is -2.33. The van der Waals surface area contributed by atoms with Gasteiger partial charge >= 0.3 is 18.2 Å². The molecule has 0 saturated heterocycles. The number of oxime groups is 1. The van der Waals surface area contributed by atoms with E-state index in [1.807, 2.05) is 93.5 Å². The molecule has 5 aromatic rings. The third-order valence-electron chi connectivity index (χ3n) is 9.33. The molecule has 2 aliphatic heterocycles. The Morgan fingerprint density at radius 1 is 0.682 bits per heavy atom. The number of halogens is 2. The molecule has 66 heavy (non-hydrogen) atoms. The van der Waals surface area contributed by atoms with Crippen LogP contribution < -0.4 is 15.2 Å². The fourth-order valence-electron chi connectivity index (χ4n) is 6.48. The molecule has 0 atom stereocenters. The molecule has 16 nitrogen and oxygen atoms in total. The van der Waals surface area contributed by atoms with Crippen LogP contribution in [0, 0.1) is 0 Å². The van der Waals surface area contributed by atoms with Crippen molar-refractivity contribution in [2.24, 2.45) is 10.9 Å². The predicted molar refractivity (Wildman–Crippen MR) is 250 cm³/mol. The number of nitrogens with two attached hydrogens (primary N) is 1. The summed E-state index contributed by atoms with van der Waals surface area (Å²) in [5.41, 5.74) is 10.6. The summed E-state index contributed by atoms with van der Waals surface area (Å²) < 4.78 is 27.4. The maximum atomic E-state index is 12.4. The summed E-state index contributed by atoms with van der Waals surface area (Å²) in [6.07, 6.45) is -0.615. The highest BCUT2D eigenvalue weighted by Crippen LogP contribution is 2.33. The van der Waals surface area contributed by atoms with E-state index in [-0.39, 0.29) is 35.8 Å². The molecule has 0 saturated carbocycles. The number of aromatic nitrogens is 2. The van der Waals surface area contributed by atoms with Crippen molar-refractivity contribution in [1.29, 1.82) is 0 Å². The molecule has 2 amide bonds. The van der Waals surface area contributed by atoms with Crippen LogP contribution in [0.3, 0.4) is 0 Å². The van der Waals surface area contributed by atoms with E-state index in [4.69, 9.17) is 62.7 Å². The van der Waals surface area contributed by atoms with Gasteiger partial charge in [0.05, 0.1) is 27.8 Å². The maximum Gasteiger partial charge on any atom is 0.410 e. The van der Waals surface area contributed by atoms with E-state index in [1.165, 1.54) is 0 Å². The van der Waals surface area contributed by atoms with Crippen molar-refractivity contribution in [3.8, 4) is 34.3 Å². The van der Waals surface area contributed by atoms with E-state index in [9.17, 15) is 14.4 Å². The van der Waals surface area contributed by atoms with Gasteiger partial charge in [0.1, 0.15) is 22.7 Å². The van der Waals surface area contributed by atoms with Gasteiger partial charge < -0.3 is 39.5 Å². The Hall–Kier alpha value is -6.52. The number of amides is 2. The molecule has 18 heteroatoms. The number of fused-ring (bicyclic) bond motifs is 2. The predicted octanol–water partition coefficient (Wildman–Crippen LogP) is 11.0. The van der Waals surface area contributed by atoms with E-state index >= 15 is 0 Å². The summed E-state index contributed by atoms with van der Waals surface area (Å²) in [6.45, 7) is 20.6. The van der Waals surface area contributed by atoms with E-state index in [0.29, 0.717) is 65.0 Å². The number of nitrogens with zero attached hydrogens (tertiary/aromatic N) is 5. The number of hydrogen-bond acceptors (Lipinski definition) is 12. The zero-order valence-electron chi connectivity index (χ0n) is 38.6. The average molecular weight is 948 g/mol. The van der Waals surface area contributed by atoms with Crippen molar-refractivity contribution >= 4 is 47.2 Å². The lowest BCUT2D eigenvalue weighted by Gasteiger charge is -2.24. The van der Waals surface area contributed by atoms with Crippen LogP contribution in [-0.4, -0.2) is 77.7 Å². The zero-order valence-corrected chi connectivity index (χ0v) is 40.2. The Morgan fingerprint density at radius 2 is 1.15 bits per heavy atom. The minimum Gasteiger partial charge on any atom is -0.489 e. The lowest BCUT2D eigenvalue weighted by atomic mass is 10.1. The third-order valence-corrected chi connectivity index (χ3v) is 9.92.